The van der Waals surface area contributed by atoms with Gasteiger partial charge in [0.05, 0.1) is 36.9 Å². The molecule has 0 spiro atoms. The molecule has 0 saturated carbocycles. The van der Waals surface area contributed by atoms with Crippen LogP contribution in [0.4, 0.5) is 0 Å². The zero-order valence-corrected chi connectivity index (χ0v) is 34.8. The molecule has 64 heavy (non-hydrogen) atoms. The molecule has 3 fully saturated rings. The van der Waals surface area contributed by atoms with Crippen LogP contribution < -0.4 is 36.9 Å². The van der Waals surface area contributed by atoms with Gasteiger partial charge in [-0.2, -0.15) is 0 Å². The van der Waals surface area contributed by atoms with Crippen molar-refractivity contribution in [3.63, 3.8) is 0 Å². The van der Waals surface area contributed by atoms with Crippen LogP contribution in [0.5, 0.6) is 11.5 Å². The number of aromatic hydroxyl groups is 1. The smallest absolute Gasteiger partial charge is 0.261 e. The zero-order chi connectivity index (χ0) is 47.9. The molecule has 7 amide bonds. The fourth-order valence-electron chi connectivity index (χ4n) is 7.36. The number of phenols is 1. The number of primary amides is 1. The zero-order valence-electron chi connectivity index (χ0n) is 33.9. The third-order valence-corrected chi connectivity index (χ3v) is 11.2. The maximum absolute atomic E-state index is 14.4. The van der Waals surface area contributed by atoms with Gasteiger partial charge >= 0.3 is 0 Å². The van der Waals surface area contributed by atoms with E-state index in [1.165, 1.54) is 6.92 Å². The van der Waals surface area contributed by atoms with E-state index in [1.54, 1.807) is 0 Å². The van der Waals surface area contributed by atoms with E-state index in [0.29, 0.717) is 9.80 Å². The van der Waals surface area contributed by atoms with E-state index >= 15 is 0 Å². The molecule has 28 nitrogen and oxygen atoms in total. The number of carbonyl (C=O) groups is 7. The molecule has 4 rings (SSSR count). The van der Waals surface area contributed by atoms with Gasteiger partial charge in [0.15, 0.2) is 17.7 Å². The molecular weight excluding hydrogens is 884 g/mol. The Morgan fingerprint density at radius 2 is 1.48 bits per heavy atom. The first kappa shape index (κ1) is 51.6. The van der Waals surface area contributed by atoms with Crippen molar-refractivity contribution < 1.29 is 98.3 Å². The molecule has 29 heteroatoms. The predicted octanol–water partition coefficient (Wildman–Crippen LogP) is -8.08. The van der Waals surface area contributed by atoms with E-state index in [2.05, 4.69) is 25.3 Å². The predicted molar refractivity (Wildman–Crippen MR) is 209 cm³/mol. The summed E-state index contributed by atoms with van der Waals surface area (Å²) in [4.78, 5) is 96.9. The molecular formula is C35H52N8O20S. The van der Waals surface area contributed by atoms with Crippen LogP contribution in [0, 0.1) is 5.92 Å². The summed E-state index contributed by atoms with van der Waals surface area (Å²) in [5, 5.41) is 118. The Hall–Kier alpha value is -5.02. The van der Waals surface area contributed by atoms with Crippen molar-refractivity contribution >= 4 is 53.7 Å². The van der Waals surface area contributed by atoms with E-state index in [0.717, 1.165) is 25.1 Å². The monoisotopic (exact) mass is 936 g/mol. The Kier molecular flexibility index (Phi) is 17.9. The van der Waals surface area contributed by atoms with Gasteiger partial charge in [-0.3, -0.25) is 33.6 Å². The number of nitrogens with one attached hydrogen (secondary N) is 4. The highest BCUT2D eigenvalue weighted by atomic mass is 32.2. The summed E-state index contributed by atoms with van der Waals surface area (Å²) < 4.78 is 9.07. The topological polar surface area (TPSA) is 456 Å². The van der Waals surface area contributed by atoms with E-state index in [1.807, 2.05) is 5.32 Å². The number of nitrogens with zero attached hydrogens (tertiary/aromatic N) is 2. The lowest BCUT2D eigenvalue weighted by Gasteiger charge is -2.34. The van der Waals surface area contributed by atoms with E-state index in [-0.39, 0.29) is 17.9 Å². The molecule has 15 unspecified atom stereocenters. The number of hydrogen-bond acceptors (Lipinski definition) is 22. The first-order valence-electron chi connectivity index (χ1n) is 19.4. The molecule has 3 saturated heterocycles. The maximum Gasteiger partial charge on any atom is 0.261 e. The average molecular weight is 937 g/mol. The van der Waals surface area contributed by atoms with Gasteiger partial charge in [-0.1, -0.05) is 22.4 Å². The third-order valence-electron chi connectivity index (χ3n) is 10.8. The second kappa shape index (κ2) is 22.3. The molecule has 3 aliphatic rings. The Morgan fingerprint density at radius 3 is 2.11 bits per heavy atom. The van der Waals surface area contributed by atoms with Crippen molar-refractivity contribution in [3.8, 4) is 11.5 Å². The van der Waals surface area contributed by atoms with E-state index in [4.69, 9.17) is 20.9 Å². The highest BCUT2D eigenvalue weighted by Gasteiger charge is 2.50. The summed E-state index contributed by atoms with van der Waals surface area (Å²) in [6.45, 7) is 1.38. The largest absolute Gasteiger partial charge is 0.504 e. The number of phenolic OH excluding ortho intramolecular Hbond substituents is 1. The molecule has 0 radical (unpaired) electrons. The molecule has 3 heterocycles. The standard InChI is InChI=1S/C35H52N8O20S/c1-11-9-43-25(26(11)50)33(57)41-31(55)19(48)7-15(36)29(53)38-22(12(2)44)34(58)42-10-14(45)6-16(42)30(54)40-24(32(56)39-23(35(43)59)18(47)8-21(37)49)28(52)27(51)13-3-4-17(46)20(5-13)61-64-63-62-60/h3-5,11-12,14-16,18-19,22-28,31,44-48,50-52,55,60H,6-10,36H2,1-2H3,(H2,37,49)(H,38,53)(H,39,56)(H,40,54)(H,41,57). The lowest BCUT2D eigenvalue weighted by atomic mass is 9.96. The fourth-order valence-corrected chi connectivity index (χ4v) is 7.61. The van der Waals surface area contributed by atoms with Gasteiger partial charge < -0.3 is 92.7 Å². The number of carbonyl (C=O) groups excluding carboxylic acids is 7. The van der Waals surface area contributed by atoms with Crippen LogP contribution in [-0.2, 0) is 42.9 Å². The minimum Gasteiger partial charge on any atom is -0.504 e. The van der Waals surface area contributed by atoms with Crippen molar-refractivity contribution in [2.45, 2.75) is 118 Å². The number of benzene rings is 1. The van der Waals surface area contributed by atoms with Crippen molar-refractivity contribution in [3.05, 3.63) is 23.8 Å². The number of nitrogens with two attached hydrogens (primary N) is 2. The Morgan fingerprint density at radius 1 is 0.859 bits per heavy atom. The molecule has 0 bridgehead atoms. The van der Waals surface area contributed by atoms with Gasteiger partial charge in [-0.25, -0.2) is 5.26 Å². The van der Waals surface area contributed by atoms with Crippen LogP contribution in [0.15, 0.2) is 18.2 Å². The molecule has 358 valence electrons. The quantitative estimate of drug-likeness (QED) is 0.0424. The van der Waals surface area contributed by atoms with Gasteiger partial charge in [0, 0.05) is 31.8 Å². The van der Waals surface area contributed by atoms with Gasteiger partial charge in [-0.05, 0) is 24.6 Å². The second-order valence-corrected chi connectivity index (χ2v) is 16.0. The number of hydrogen-bond donors (Lipinski definition) is 16. The first-order valence-corrected chi connectivity index (χ1v) is 20.1. The van der Waals surface area contributed by atoms with Gasteiger partial charge in [-0.15, -0.1) is 0 Å². The molecule has 15 atom stereocenters. The van der Waals surface area contributed by atoms with Crippen LogP contribution >= 0.6 is 12.3 Å². The molecule has 0 aliphatic carbocycles. The molecule has 1 aromatic carbocycles. The summed E-state index contributed by atoms with van der Waals surface area (Å²) in [6, 6.07) is -9.23. The van der Waals surface area contributed by atoms with Crippen molar-refractivity contribution in [1.82, 2.24) is 31.1 Å². The highest BCUT2D eigenvalue weighted by Crippen LogP contribution is 2.34. The molecule has 3 aliphatic heterocycles. The number of aliphatic hydroxyl groups excluding tert-OH is 8. The summed E-state index contributed by atoms with van der Waals surface area (Å²) in [7, 11) is 0. The van der Waals surface area contributed by atoms with Crippen LogP contribution in [-0.4, -0.2) is 195 Å². The summed E-state index contributed by atoms with van der Waals surface area (Å²) in [5.74, 6) is -11.2. The number of rotatable bonds is 11. The van der Waals surface area contributed by atoms with Gasteiger partial charge in [0.1, 0.15) is 48.5 Å². The van der Waals surface area contributed by atoms with Crippen LogP contribution in [0.3, 0.4) is 0 Å². The Labute approximate surface area is 366 Å². The number of aliphatic hydroxyl groups is 8. The maximum atomic E-state index is 14.4. The molecule has 0 aromatic heterocycles. The molecule has 18 N–H and O–H groups in total. The number of fused-ring (bicyclic) bond motifs is 2. The lowest BCUT2D eigenvalue weighted by molar-refractivity contribution is -0.433. The van der Waals surface area contributed by atoms with Crippen LogP contribution in [0.2, 0.25) is 0 Å². The van der Waals surface area contributed by atoms with Gasteiger partial charge in [0.2, 0.25) is 41.4 Å². The average Bonchev–Trinajstić information content (AvgIpc) is 3.77. The lowest BCUT2D eigenvalue weighted by Crippen LogP contribution is -2.64. The van der Waals surface area contributed by atoms with Gasteiger partial charge in [0.25, 0.3) is 12.3 Å². The molecule has 1 aromatic rings. The Balaban J connectivity index is 1.86. The fraction of sp³-hybridized carbons (Fsp3) is 0.629. The van der Waals surface area contributed by atoms with Crippen LogP contribution in [0.25, 0.3) is 0 Å². The third kappa shape index (κ3) is 12.2. The summed E-state index contributed by atoms with van der Waals surface area (Å²) in [6.07, 6.45) is -18.5. The number of amides is 7. The summed E-state index contributed by atoms with van der Waals surface area (Å²) >= 11 is -0.0235. The normalized spacial score (nSPS) is 32.2. The Bertz CT molecular complexity index is 1880. The van der Waals surface area contributed by atoms with Crippen molar-refractivity contribution in [2.24, 2.45) is 17.4 Å². The minimum absolute atomic E-state index is 0.0235. The summed E-state index contributed by atoms with van der Waals surface area (Å²) in [5.41, 5.74) is 10.9. The second-order valence-electron chi connectivity index (χ2n) is 15.6. The van der Waals surface area contributed by atoms with E-state index < -0.39 is 176 Å². The minimum atomic E-state index is -2.50. The SMILES string of the molecule is CC(O)C1NC(=O)C(N)CC(O)C(O)NC(=O)C2C(O)C(C)CN2C(=O)C(C(O)CC(N)=O)NC(=O)C(C(O)C(O)c2ccc(O)c(OSOOO)c2)NC(=O)C2CC(O)CN2C1=O. The van der Waals surface area contributed by atoms with E-state index in [9.17, 15) is 79.5 Å². The van der Waals surface area contributed by atoms with Crippen molar-refractivity contribution in [1.29, 1.82) is 0 Å². The van der Waals surface area contributed by atoms with Crippen LogP contribution in [0.1, 0.15) is 44.8 Å². The first-order chi connectivity index (χ1) is 30.0. The highest BCUT2D eigenvalue weighted by molar-refractivity contribution is 7.90. The van der Waals surface area contributed by atoms with Crippen molar-refractivity contribution in [2.75, 3.05) is 13.1 Å².